The minimum Gasteiger partial charge on any atom is -0.477 e. The molecule has 0 fully saturated rings. The van der Waals surface area contributed by atoms with Gasteiger partial charge in [-0.2, -0.15) is 0 Å². The zero-order chi connectivity index (χ0) is 11.3. The molecule has 0 radical (unpaired) electrons. The molecule has 0 unspecified atom stereocenters. The molecule has 0 spiro atoms. The molecular weight excluding hydrogens is 214 g/mol. The topological polar surface area (TPSA) is 70.2 Å². The molecule has 4 nitrogen and oxygen atoms in total. The van der Waals surface area contributed by atoms with Crippen molar-refractivity contribution in [1.82, 2.24) is 4.98 Å². The van der Waals surface area contributed by atoms with Gasteiger partial charge in [-0.05, 0) is 6.07 Å². The van der Waals surface area contributed by atoms with E-state index in [1.807, 2.05) is 0 Å². The standard InChI is InChI=1S/C10H9NO3S/c1-7(12)15-4-2-3-8-5-9(10(13)14)11-6-8/h5-6,11H,4H2,1H3,(H,13,14). The number of thioether (sulfide) groups is 1. The van der Waals surface area contributed by atoms with Crippen molar-refractivity contribution in [2.24, 2.45) is 0 Å². The Morgan fingerprint density at radius 1 is 1.60 bits per heavy atom. The maximum Gasteiger partial charge on any atom is 0.352 e. The highest BCUT2D eigenvalue weighted by atomic mass is 32.2. The highest BCUT2D eigenvalue weighted by molar-refractivity contribution is 8.13. The van der Waals surface area contributed by atoms with Crippen LogP contribution in [0.1, 0.15) is 23.0 Å². The molecule has 1 heterocycles. The lowest BCUT2D eigenvalue weighted by atomic mass is 10.3. The number of carboxylic acid groups (broad SMARTS) is 1. The number of carbonyl (C=O) groups excluding carboxylic acids is 1. The first-order valence-corrected chi connectivity index (χ1v) is 5.12. The second-order valence-electron chi connectivity index (χ2n) is 2.69. The molecular formula is C10H9NO3S. The lowest BCUT2D eigenvalue weighted by molar-refractivity contribution is -0.109. The first-order valence-electron chi connectivity index (χ1n) is 4.13. The summed E-state index contributed by atoms with van der Waals surface area (Å²) in [4.78, 5) is 23.6. The van der Waals surface area contributed by atoms with Gasteiger partial charge in [0.1, 0.15) is 5.69 Å². The van der Waals surface area contributed by atoms with Crippen LogP contribution < -0.4 is 0 Å². The van der Waals surface area contributed by atoms with Crippen LogP contribution in [-0.2, 0) is 4.79 Å². The summed E-state index contributed by atoms with van der Waals surface area (Å²) in [5.74, 6) is 4.93. The van der Waals surface area contributed by atoms with Crippen LogP contribution in [0, 0.1) is 11.8 Å². The van der Waals surface area contributed by atoms with E-state index < -0.39 is 5.97 Å². The van der Waals surface area contributed by atoms with E-state index in [4.69, 9.17) is 5.11 Å². The molecule has 0 saturated heterocycles. The number of rotatable bonds is 2. The van der Waals surface area contributed by atoms with Gasteiger partial charge >= 0.3 is 5.97 Å². The summed E-state index contributed by atoms with van der Waals surface area (Å²) in [6.07, 6.45) is 1.52. The van der Waals surface area contributed by atoms with Gasteiger partial charge in [-0.3, -0.25) is 4.79 Å². The Balaban J connectivity index is 2.56. The minimum absolute atomic E-state index is 0.0181. The summed E-state index contributed by atoms with van der Waals surface area (Å²) in [6.45, 7) is 1.48. The molecule has 5 heteroatoms. The molecule has 0 saturated carbocycles. The van der Waals surface area contributed by atoms with Crippen LogP contribution in [0.5, 0.6) is 0 Å². The van der Waals surface area contributed by atoms with E-state index in [9.17, 15) is 9.59 Å². The van der Waals surface area contributed by atoms with E-state index in [-0.39, 0.29) is 10.8 Å². The summed E-state index contributed by atoms with van der Waals surface area (Å²) in [7, 11) is 0. The van der Waals surface area contributed by atoms with Gasteiger partial charge in [-0.15, -0.1) is 0 Å². The fourth-order valence-corrected chi connectivity index (χ4v) is 1.21. The van der Waals surface area contributed by atoms with E-state index in [1.54, 1.807) is 0 Å². The van der Waals surface area contributed by atoms with Crippen molar-refractivity contribution in [1.29, 1.82) is 0 Å². The molecule has 0 atom stereocenters. The second-order valence-corrected chi connectivity index (χ2v) is 3.84. The summed E-state index contributed by atoms with van der Waals surface area (Å²) < 4.78 is 0. The monoisotopic (exact) mass is 223 g/mol. The SMILES string of the molecule is CC(=O)SCC#Cc1c[nH]c(C(=O)O)c1. The van der Waals surface area contributed by atoms with Crippen LogP contribution in [-0.4, -0.2) is 26.9 Å². The summed E-state index contributed by atoms with van der Waals surface area (Å²) in [5.41, 5.74) is 0.718. The van der Waals surface area contributed by atoms with Gasteiger partial charge < -0.3 is 10.1 Å². The van der Waals surface area contributed by atoms with Crippen molar-refractivity contribution in [3.05, 3.63) is 23.5 Å². The van der Waals surface area contributed by atoms with Crippen molar-refractivity contribution in [3.63, 3.8) is 0 Å². The van der Waals surface area contributed by atoms with Gasteiger partial charge in [0.25, 0.3) is 0 Å². The van der Waals surface area contributed by atoms with Crippen LogP contribution in [0.4, 0.5) is 0 Å². The lowest BCUT2D eigenvalue weighted by Gasteiger charge is -1.83. The van der Waals surface area contributed by atoms with E-state index in [0.717, 1.165) is 11.8 Å². The zero-order valence-corrected chi connectivity index (χ0v) is 8.85. The average Bonchev–Trinajstić information content (AvgIpc) is 2.60. The summed E-state index contributed by atoms with van der Waals surface area (Å²) >= 11 is 1.12. The van der Waals surface area contributed by atoms with Crippen molar-refractivity contribution in [3.8, 4) is 11.8 Å². The number of aromatic nitrogens is 1. The van der Waals surface area contributed by atoms with Crippen LogP contribution in [0.25, 0.3) is 0 Å². The van der Waals surface area contributed by atoms with Gasteiger partial charge in [-0.1, -0.05) is 23.6 Å². The number of nitrogens with one attached hydrogen (secondary N) is 1. The minimum atomic E-state index is -1.01. The number of aromatic carboxylic acids is 1. The Labute approximate surface area is 91.1 Å². The molecule has 78 valence electrons. The van der Waals surface area contributed by atoms with Gasteiger partial charge in [0.05, 0.1) is 5.75 Å². The number of carbonyl (C=O) groups is 2. The molecule has 2 N–H and O–H groups in total. The fraction of sp³-hybridized carbons (Fsp3) is 0.200. The number of hydrogen-bond acceptors (Lipinski definition) is 3. The van der Waals surface area contributed by atoms with Crippen LogP contribution in [0.3, 0.4) is 0 Å². The van der Waals surface area contributed by atoms with Crippen LogP contribution in [0.2, 0.25) is 0 Å². The Morgan fingerprint density at radius 3 is 2.87 bits per heavy atom. The highest BCUT2D eigenvalue weighted by Gasteiger charge is 2.03. The molecule has 0 aliphatic carbocycles. The van der Waals surface area contributed by atoms with Crippen LogP contribution >= 0.6 is 11.8 Å². The van der Waals surface area contributed by atoms with Gasteiger partial charge in [0, 0.05) is 18.7 Å². The van der Waals surface area contributed by atoms with Gasteiger partial charge in [0.15, 0.2) is 5.12 Å². The Kier molecular flexibility index (Phi) is 4.01. The Morgan fingerprint density at radius 2 is 2.33 bits per heavy atom. The molecule has 1 aromatic heterocycles. The number of aromatic amines is 1. The predicted octanol–water partition coefficient (Wildman–Crippen LogP) is 1.34. The molecule has 1 aromatic rings. The molecule has 15 heavy (non-hydrogen) atoms. The largest absolute Gasteiger partial charge is 0.477 e. The van der Waals surface area contributed by atoms with Crippen molar-refractivity contribution in [2.45, 2.75) is 6.92 Å². The van der Waals surface area contributed by atoms with E-state index in [2.05, 4.69) is 16.8 Å². The molecule has 0 aromatic carbocycles. The Hall–Kier alpha value is -1.67. The summed E-state index contributed by atoms with van der Waals surface area (Å²) in [6, 6.07) is 1.45. The zero-order valence-electron chi connectivity index (χ0n) is 8.03. The lowest BCUT2D eigenvalue weighted by Crippen LogP contribution is -1.94. The second kappa shape index (κ2) is 5.27. The maximum absolute atomic E-state index is 10.6. The molecule has 0 aliphatic rings. The van der Waals surface area contributed by atoms with Gasteiger partial charge in [-0.25, -0.2) is 4.79 Å². The molecule has 0 bridgehead atoms. The quantitative estimate of drug-likeness (QED) is 0.742. The van der Waals surface area contributed by atoms with E-state index >= 15 is 0 Å². The normalized spacial score (nSPS) is 9.13. The van der Waals surface area contributed by atoms with E-state index in [0.29, 0.717) is 11.3 Å². The highest BCUT2D eigenvalue weighted by Crippen LogP contribution is 2.02. The maximum atomic E-state index is 10.6. The molecule has 0 aliphatic heterocycles. The third kappa shape index (κ3) is 3.92. The molecule has 0 amide bonds. The van der Waals surface area contributed by atoms with E-state index in [1.165, 1.54) is 19.2 Å². The summed E-state index contributed by atoms with van der Waals surface area (Å²) in [5, 5.41) is 8.63. The van der Waals surface area contributed by atoms with Crippen molar-refractivity contribution >= 4 is 22.8 Å². The first kappa shape index (κ1) is 11.4. The third-order valence-electron chi connectivity index (χ3n) is 1.49. The van der Waals surface area contributed by atoms with Gasteiger partial charge in [0.2, 0.25) is 0 Å². The molecule has 1 rings (SSSR count). The van der Waals surface area contributed by atoms with Crippen molar-refractivity contribution < 1.29 is 14.7 Å². The number of H-pyrrole nitrogens is 1. The average molecular weight is 223 g/mol. The smallest absolute Gasteiger partial charge is 0.352 e. The third-order valence-corrected chi connectivity index (χ3v) is 2.19. The Bertz CT molecular complexity index is 439. The fourth-order valence-electron chi connectivity index (χ4n) is 0.866. The number of carboxylic acids is 1. The predicted molar refractivity (Wildman–Crippen MR) is 57.8 cm³/mol. The van der Waals surface area contributed by atoms with Crippen molar-refractivity contribution in [2.75, 3.05) is 5.75 Å². The van der Waals surface area contributed by atoms with Crippen LogP contribution in [0.15, 0.2) is 12.3 Å². The number of hydrogen-bond donors (Lipinski definition) is 2. The first-order chi connectivity index (χ1) is 7.09.